The van der Waals surface area contributed by atoms with Gasteiger partial charge in [0.1, 0.15) is 23.5 Å². The van der Waals surface area contributed by atoms with Crippen molar-refractivity contribution in [1.82, 2.24) is 19.6 Å². The molecule has 0 spiro atoms. The molecule has 0 fully saturated rings. The number of aromatic hydroxyl groups is 1. The highest BCUT2D eigenvalue weighted by Crippen LogP contribution is 2.46. The van der Waals surface area contributed by atoms with Gasteiger partial charge in [-0.05, 0) is 6.07 Å². The van der Waals surface area contributed by atoms with Gasteiger partial charge in [-0.3, -0.25) is 4.79 Å². The van der Waals surface area contributed by atoms with Gasteiger partial charge in [-0.15, -0.1) is 0 Å². The number of carbonyl (C=O) groups is 1. The fraction of sp³-hybridized carbons (Fsp3) is 0.125. The molecule has 0 atom stereocenters. The summed E-state index contributed by atoms with van der Waals surface area (Å²) < 4.78 is 17.1. The maximum absolute atomic E-state index is 13.2. The molecule has 3 heterocycles. The zero-order valence-electron chi connectivity index (χ0n) is 13.8. The molecule has 0 saturated heterocycles. The number of anilines is 1. The number of ether oxygens (including phenoxy) is 2. The van der Waals surface area contributed by atoms with E-state index in [0.717, 1.165) is 0 Å². The number of aromatic nitrogens is 4. The summed E-state index contributed by atoms with van der Waals surface area (Å²) in [5.74, 6) is -0.598. The maximum atomic E-state index is 13.2. The van der Waals surface area contributed by atoms with Crippen LogP contribution < -0.4 is 15.2 Å². The molecule has 4 aromatic rings. The minimum absolute atomic E-state index is 0.0162. The number of ketones is 1. The number of methoxy groups -OCH3 is 2. The number of benzene rings is 1. The highest BCUT2D eigenvalue weighted by atomic mass is 16.5. The molecule has 0 aliphatic rings. The van der Waals surface area contributed by atoms with E-state index in [-0.39, 0.29) is 39.8 Å². The average Bonchev–Trinajstić information content (AvgIpc) is 3.30. The summed E-state index contributed by atoms with van der Waals surface area (Å²) in [7, 11) is 2.74. The third-order valence-electron chi connectivity index (χ3n) is 4.02. The molecule has 132 valence electrons. The lowest BCUT2D eigenvalue weighted by molar-refractivity contribution is 0.103. The highest BCUT2D eigenvalue weighted by Gasteiger charge is 2.30. The number of nitrogen functional groups attached to an aromatic ring is 1. The number of hydrogen-bond donors (Lipinski definition) is 2. The van der Waals surface area contributed by atoms with Gasteiger partial charge >= 0.3 is 0 Å². The van der Waals surface area contributed by atoms with E-state index in [4.69, 9.17) is 19.6 Å². The topological polar surface area (TPSA) is 138 Å². The minimum Gasteiger partial charge on any atom is -0.504 e. The molecule has 26 heavy (non-hydrogen) atoms. The Bertz CT molecular complexity index is 1160. The van der Waals surface area contributed by atoms with E-state index in [2.05, 4.69) is 15.1 Å². The van der Waals surface area contributed by atoms with Crippen LogP contribution in [0.2, 0.25) is 0 Å². The Morgan fingerprint density at radius 2 is 2.04 bits per heavy atom. The zero-order valence-corrected chi connectivity index (χ0v) is 13.8. The average molecular weight is 355 g/mol. The third kappa shape index (κ3) is 1.98. The molecule has 1 aromatic carbocycles. The van der Waals surface area contributed by atoms with Crippen molar-refractivity contribution in [2.24, 2.45) is 0 Å². The molecule has 3 N–H and O–H groups in total. The summed E-state index contributed by atoms with van der Waals surface area (Å²) in [6.07, 6.45) is 3.94. The van der Waals surface area contributed by atoms with Gasteiger partial charge < -0.3 is 24.7 Å². The number of hydrogen-bond acceptors (Lipinski definition) is 9. The molecule has 10 nitrogen and oxygen atoms in total. The first-order chi connectivity index (χ1) is 12.6. The van der Waals surface area contributed by atoms with Gasteiger partial charge in [0.15, 0.2) is 11.3 Å². The van der Waals surface area contributed by atoms with Crippen molar-refractivity contribution in [3.8, 4) is 17.2 Å². The Labute approximate surface area is 145 Å². The smallest absolute Gasteiger partial charge is 0.254 e. The monoisotopic (exact) mass is 355 g/mol. The van der Waals surface area contributed by atoms with Crippen molar-refractivity contribution >= 4 is 28.3 Å². The first kappa shape index (κ1) is 15.7. The second kappa shape index (κ2) is 5.62. The van der Waals surface area contributed by atoms with E-state index < -0.39 is 11.5 Å². The van der Waals surface area contributed by atoms with Crippen LogP contribution in [0.4, 0.5) is 5.82 Å². The van der Waals surface area contributed by atoms with E-state index in [9.17, 15) is 9.90 Å². The molecule has 0 aliphatic heterocycles. The molecule has 0 unspecified atom stereocenters. The van der Waals surface area contributed by atoms with Gasteiger partial charge in [-0.1, -0.05) is 0 Å². The molecule has 4 rings (SSSR count). The van der Waals surface area contributed by atoms with E-state index in [0.29, 0.717) is 5.39 Å². The van der Waals surface area contributed by atoms with E-state index in [1.165, 1.54) is 37.5 Å². The van der Waals surface area contributed by atoms with Gasteiger partial charge in [-0.25, -0.2) is 4.98 Å². The van der Waals surface area contributed by atoms with Crippen LogP contribution in [0.5, 0.6) is 17.2 Å². The number of nitrogens with two attached hydrogens (primary N) is 1. The van der Waals surface area contributed by atoms with Gasteiger partial charge in [0.2, 0.25) is 11.5 Å². The molecular weight excluding hydrogens is 342 g/mol. The molecule has 10 heteroatoms. The van der Waals surface area contributed by atoms with Crippen molar-refractivity contribution < 1.29 is 23.8 Å². The predicted octanol–water partition coefficient (Wildman–Crippen LogP) is 1.41. The lowest BCUT2D eigenvalue weighted by Gasteiger charge is -2.14. The van der Waals surface area contributed by atoms with Crippen molar-refractivity contribution in [1.29, 1.82) is 0 Å². The molecule has 0 aliphatic carbocycles. The summed E-state index contributed by atoms with van der Waals surface area (Å²) in [6.45, 7) is 0. The Morgan fingerprint density at radius 3 is 2.77 bits per heavy atom. The minimum atomic E-state index is -0.608. The van der Waals surface area contributed by atoms with Gasteiger partial charge in [0, 0.05) is 6.20 Å². The lowest BCUT2D eigenvalue weighted by Crippen LogP contribution is -2.12. The largest absolute Gasteiger partial charge is 0.504 e. The SMILES string of the molecule is COc1c(C(=O)c2cnc3ncnn3c2N)c(O)c(OC)c2occc12. The van der Waals surface area contributed by atoms with Crippen LogP contribution in [0.25, 0.3) is 16.7 Å². The first-order valence-electron chi connectivity index (χ1n) is 7.41. The van der Waals surface area contributed by atoms with E-state index >= 15 is 0 Å². The number of nitrogens with zero attached hydrogens (tertiary/aromatic N) is 4. The molecule has 0 saturated carbocycles. The zero-order chi connectivity index (χ0) is 18.4. The Hall–Kier alpha value is -3.82. The van der Waals surface area contributed by atoms with Crippen LogP contribution in [0.15, 0.2) is 29.3 Å². The number of carbonyl (C=O) groups excluding carboxylic acids is 1. The van der Waals surface area contributed by atoms with Crippen LogP contribution in [-0.4, -0.2) is 44.7 Å². The summed E-state index contributed by atoms with van der Waals surface area (Å²) in [6, 6.07) is 1.61. The Morgan fingerprint density at radius 1 is 1.27 bits per heavy atom. The van der Waals surface area contributed by atoms with Crippen LogP contribution >= 0.6 is 0 Å². The Kier molecular flexibility index (Phi) is 3.39. The summed E-state index contributed by atoms with van der Waals surface area (Å²) >= 11 is 0. The molecule has 0 amide bonds. The highest BCUT2D eigenvalue weighted by molar-refractivity contribution is 6.18. The van der Waals surface area contributed by atoms with Crippen molar-refractivity contribution in [3.63, 3.8) is 0 Å². The van der Waals surface area contributed by atoms with Crippen molar-refractivity contribution in [3.05, 3.63) is 36.0 Å². The number of phenols is 1. The number of fused-ring (bicyclic) bond motifs is 2. The molecule has 3 aromatic heterocycles. The predicted molar refractivity (Wildman–Crippen MR) is 89.6 cm³/mol. The number of rotatable bonds is 4. The van der Waals surface area contributed by atoms with Gasteiger partial charge in [-0.2, -0.15) is 14.6 Å². The second-order valence-corrected chi connectivity index (χ2v) is 5.31. The quantitative estimate of drug-likeness (QED) is 0.520. The van der Waals surface area contributed by atoms with Crippen molar-refractivity contribution in [2.75, 3.05) is 20.0 Å². The summed E-state index contributed by atoms with van der Waals surface area (Å²) in [5, 5.41) is 15.0. The first-order valence-corrected chi connectivity index (χ1v) is 7.41. The van der Waals surface area contributed by atoms with E-state index in [1.54, 1.807) is 6.07 Å². The fourth-order valence-electron chi connectivity index (χ4n) is 2.84. The molecule has 0 bridgehead atoms. The fourth-order valence-corrected chi connectivity index (χ4v) is 2.84. The molecule has 0 radical (unpaired) electrons. The van der Waals surface area contributed by atoms with Crippen LogP contribution in [0.3, 0.4) is 0 Å². The number of phenolic OH excluding ortho intramolecular Hbond substituents is 1. The van der Waals surface area contributed by atoms with Crippen LogP contribution in [0.1, 0.15) is 15.9 Å². The maximum Gasteiger partial charge on any atom is 0.254 e. The summed E-state index contributed by atoms with van der Waals surface area (Å²) in [4.78, 5) is 21.1. The van der Waals surface area contributed by atoms with Crippen molar-refractivity contribution in [2.45, 2.75) is 0 Å². The van der Waals surface area contributed by atoms with Crippen LogP contribution in [0, 0.1) is 0 Å². The second-order valence-electron chi connectivity index (χ2n) is 5.31. The normalized spacial score (nSPS) is 11.2. The Balaban J connectivity index is 2.02. The lowest BCUT2D eigenvalue weighted by atomic mass is 10.00. The van der Waals surface area contributed by atoms with Gasteiger partial charge in [0.05, 0.1) is 31.4 Å². The van der Waals surface area contributed by atoms with Gasteiger partial charge in [0.25, 0.3) is 5.78 Å². The summed E-state index contributed by atoms with van der Waals surface area (Å²) in [5.41, 5.74) is 6.20. The third-order valence-corrected chi connectivity index (χ3v) is 4.02. The molecular formula is C16H13N5O5. The van der Waals surface area contributed by atoms with E-state index in [1.807, 2.05) is 0 Å². The number of furan rings is 1. The van der Waals surface area contributed by atoms with Crippen LogP contribution in [-0.2, 0) is 0 Å². The standard InChI is InChI=1S/C16H13N5O5/c1-24-12-7-3-4-26-13(7)14(25-2)11(23)9(12)10(22)8-5-18-16-19-6-20-21(16)15(8)17/h3-6,23H,17H2,1-2H3.